The highest BCUT2D eigenvalue weighted by molar-refractivity contribution is 6.14. The molecule has 0 aliphatic rings. The molecule has 0 N–H and O–H groups in total. The van der Waals surface area contributed by atoms with Crippen LogP contribution in [0.4, 0.5) is 10.1 Å². The first-order valence-corrected chi connectivity index (χ1v) is 11.3. The standard InChI is InChI=1S/C30H26FN2O/c1-18(2)13-22-16-27(33(5)17-25(22)31)28-19(3)11-12-23-24-14-21(20-9-7-6-8-10-20)15-26(32-4)29(24)34-30(23)28/h6-12,14-18H,13H2,1-3,5H3/q+1/i13D2. The fourth-order valence-corrected chi connectivity index (χ4v) is 4.51. The summed E-state index contributed by atoms with van der Waals surface area (Å²) in [4.78, 5) is 3.75. The molecule has 0 unspecified atom stereocenters. The molecule has 0 saturated carbocycles. The highest BCUT2D eigenvalue weighted by atomic mass is 19.1. The van der Waals surface area contributed by atoms with Crippen molar-refractivity contribution >= 4 is 27.6 Å². The van der Waals surface area contributed by atoms with Crippen molar-refractivity contribution in [2.45, 2.75) is 27.1 Å². The summed E-state index contributed by atoms with van der Waals surface area (Å²) in [5.41, 5.74) is 5.79. The van der Waals surface area contributed by atoms with E-state index in [1.54, 1.807) is 31.5 Å². The first-order chi connectivity index (χ1) is 17.1. The minimum Gasteiger partial charge on any atom is -0.466 e. The van der Waals surface area contributed by atoms with Crippen LogP contribution in [0.25, 0.3) is 49.2 Å². The average molecular weight is 452 g/mol. The number of hydrogen-bond donors (Lipinski definition) is 0. The van der Waals surface area contributed by atoms with E-state index < -0.39 is 18.1 Å². The van der Waals surface area contributed by atoms with Gasteiger partial charge in [0.25, 0.3) is 0 Å². The maximum Gasteiger partial charge on any atom is 0.230 e. The summed E-state index contributed by atoms with van der Waals surface area (Å²) in [5.74, 6) is -0.995. The fourth-order valence-electron chi connectivity index (χ4n) is 4.51. The lowest BCUT2D eigenvalue weighted by molar-refractivity contribution is -0.662. The molecule has 168 valence electrons. The molecule has 0 aliphatic carbocycles. The number of rotatable bonds is 4. The quantitative estimate of drug-likeness (QED) is 0.201. The van der Waals surface area contributed by atoms with Gasteiger partial charge in [-0.25, -0.2) is 9.24 Å². The Kier molecular flexibility index (Phi) is 4.83. The van der Waals surface area contributed by atoms with Gasteiger partial charge in [0.2, 0.25) is 17.6 Å². The van der Waals surface area contributed by atoms with Crippen molar-refractivity contribution in [3.63, 3.8) is 0 Å². The van der Waals surface area contributed by atoms with Crippen molar-refractivity contribution in [3.8, 4) is 22.4 Å². The number of hydrogen-bond acceptors (Lipinski definition) is 1. The van der Waals surface area contributed by atoms with E-state index in [0.29, 0.717) is 22.5 Å². The van der Waals surface area contributed by atoms with E-state index in [4.69, 9.17) is 13.7 Å². The molecule has 0 bridgehead atoms. The van der Waals surface area contributed by atoms with Crippen LogP contribution in [0.15, 0.2) is 71.3 Å². The highest BCUT2D eigenvalue weighted by Crippen LogP contribution is 2.42. The van der Waals surface area contributed by atoms with Gasteiger partial charge >= 0.3 is 0 Å². The minimum absolute atomic E-state index is 0.0197. The molecule has 0 spiro atoms. The topological polar surface area (TPSA) is 21.4 Å². The molecule has 0 amide bonds. The molecule has 0 atom stereocenters. The van der Waals surface area contributed by atoms with Crippen molar-refractivity contribution in [1.82, 2.24) is 0 Å². The second kappa shape index (κ2) is 8.43. The lowest BCUT2D eigenvalue weighted by Crippen LogP contribution is -2.32. The van der Waals surface area contributed by atoms with E-state index in [2.05, 4.69) is 4.85 Å². The number of halogens is 1. The van der Waals surface area contributed by atoms with Gasteiger partial charge in [0, 0.05) is 25.1 Å². The first-order valence-electron chi connectivity index (χ1n) is 12.3. The Bertz CT molecular complexity index is 1680. The van der Waals surface area contributed by atoms with Crippen molar-refractivity contribution in [1.29, 1.82) is 0 Å². The van der Waals surface area contributed by atoms with Crippen LogP contribution in [0.1, 0.15) is 27.7 Å². The van der Waals surface area contributed by atoms with Crippen molar-refractivity contribution in [3.05, 3.63) is 95.2 Å². The van der Waals surface area contributed by atoms with Gasteiger partial charge in [-0.2, -0.15) is 4.57 Å². The van der Waals surface area contributed by atoms with Crippen LogP contribution in [-0.4, -0.2) is 0 Å². The van der Waals surface area contributed by atoms with Gasteiger partial charge in [-0.3, -0.25) is 0 Å². The number of benzene rings is 3. The van der Waals surface area contributed by atoms with Gasteiger partial charge in [0.15, 0.2) is 5.82 Å². The zero-order valence-electron chi connectivity index (χ0n) is 21.6. The van der Waals surface area contributed by atoms with Crippen LogP contribution in [0.2, 0.25) is 0 Å². The third-order valence-electron chi connectivity index (χ3n) is 6.08. The molecule has 0 saturated heterocycles. The number of aryl methyl sites for hydroxylation is 2. The van der Waals surface area contributed by atoms with Gasteiger partial charge in [-0.1, -0.05) is 56.3 Å². The Balaban J connectivity index is 1.84. The van der Waals surface area contributed by atoms with Crippen LogP contribution in [0, 0.1) is 25.2 Å². The molecule has 3 aromatic carbocycles. The summed E-state index contributed by atoms with van der Waals surface area (Å²) >= 11 is 0. The first kappa shape index (κ1) is 19.5. The van der Waals surface area contributed by atoms with Crippen LogP contribution in [0.5, 0.6) is 0 Å². The largest absolute Gasteiger partial charge is 0.466 e. The summed E-state index contributed by atoms with van der Waals surface area (Å²) in [7, 11) is 1.74. The Morgan fingerprint density at radius 3 is 2.50 bits per heavy atom. The van der Waals surface area contributed by atoms with Crippen molar-refractivity contribution in [2.24, 2.45) is 13.0 Å². The maximum atomic E-state index is 15.0. The van der Waals surface area contributed by atoms with Gasteiger partial charge < -0.3 is 4.42 Å². The van der Waals surface area contributed by atoms with Crippen LogP contribution >= 0.6 is 0 Å². The van der Waals surface area contributed by atoms with Crippen LogP contribution in [0.3, 0.4) is 0 Å². The molecule has 0 fully saturated rings. The molecular formula is C30H26FN2O+. The summed E-state index contributed by atoms with van der Waals surface area (Å²) in [5, 5.41) is 1.69. The van der Waals surface area contributed by atoms with E-state index in [1.165, 1.54) is 6.20 Å². The normalized spacial score (nSPS) is 12.7. The Hall–Kier alpha value is -3.97. The Morgan fingerprint density at radius 1 is 1.03 bits per heavy atom. The fraction of sp³-hybridized carbons (Fsp3) is 0.200. The highest BCUT2D eigenvalue weighted by Gasteiger charge is 2.24. The van der Waals surface area contributed by atoms with Crippen molar-refractivity contribution in [2.75, 3.05) is 0 Å². The predicted molar refractivity (Wildman–Crippen MR) is 135 cm³/mol. The van der Waals surface area contributed by atoms with E-state index in [0.717, 1.165) is 33.0 Å². The second-order valence-corrected chi connectivity index (χ2v) is 8.92. The molecule has 0 radical (unpaired) electrons. The smallest absolute Gasteiger partial charge is 0.230 e. The molecule has 4 heteroatoms. The lowest BCUT2D eigenvalue weighted by atomic mass is 9.96. The molecular weight excluding hydrogens is 423 g/mol. The monoisotopic (exact) mass is 451 g/mol. The van der Waals surface area contributed by atoms with Gasteiger partial charge in [0.1, 0.15) is 18.2 Å². The average Bonchev–Trinajstić information content (AvgIpc) is 3.23. The summed E-state index contributed by atoms with van der Waals surface area (Å²) in [6.07, 6.45) is -0.519. The number of pyridine rings is 1. The van der Waals surface area contributed by atoms with E-state index in [9.17, 15) is 4.39 Å². The van der Waals surface area contributed by atoms with Crippen LogP contribution < -0.4 is 4.57 Å². The third-order valence-corrected chi connectivity index (χ3v) is 6.08. The van der Waals surface area contributed by atoms with E-state index in [-0.39, 0.29) is 5.56 Å². The third kappa shape index (κ3) is 3.64. The SMILES string of the molecule is [2H]C([2H])(c1cc(-c2c(C)ccc3c2oc2c([N+]#[C-])cc(-c4ccccc4)cc23)[n+](C)cc1F)C(C)C. The molecule has 3 nitrogen and oxygen atoms in total. The Labute approximate surface area is 201 Å². The van der Waals surface area contributed by atoms with Gasteiger partial charge in [0.05, 0.1) is 12.1 Å². The summed E-state index contributed by atoms with van der Waals surface area (Å²) < 4.78 is 40.0. The molecule has 5 aromatic rings. The van der Waals surface area contributed by atoms with Gasteiger partial charge in [-0.05, 0) is 48.0 Å². The van der Waals surface area contributed by atoms with Crippen molar-refractivity contribution < 1.29 is 16.1 Å². The number of fused-ring (bicyclic) bond motifs is 3. The lowest BCUT2D eigenvalue weighted by Gasteiger charge is -2.10. The zero-order valence-corrected chi connectivity index (χ0v) is 19.6. The van der Waals surface area contributed by atoms with E-state index >= 15 is 0 Å². The van der Waals surface area contributed by atoms with Crippen LogP contribution in [-0.2, 0) is 13.4 Å². The predicted octanol–water partition coefficient (Wildman–Crippen LogP) is 7.94. The second-order valence-electron chi connectivity index (χ2n) is 8.92. The molecule has 0 aliphatic heterocycles. The number of aromatic nitrogens is 1. The summed E-state index contributed by atoms with van der Waals surface area (Å²) in [6.45, 7) is 13.2. The number of furan rings is 1. The maximum absolute atomic E-state index is 15.0. The summed E-state index contributed by atoms with van der Waals surface area (Å²) in [6, 6.07) is 19.4. The number of nitrogens with zero attached hydrogens (tertiary/aromatic N) is 2. The Morgan fingerprint density at radius 2 is 1.79 bits per heavy atom. The van der Waals surface area contributed by atoms with Gasteiger partial charge in [-0.15, -0.1) is 0 Å². The molecule has 34 heavy (non-hydrogen) atoms. The molecule has 2 aromatic heterocycles. The zero-order chi connectivity index (χ0) is 25.8. The minimum atomic E-state index is -1.84. The molecule has 5 rings (SSSR count). The van der Waals surface area contributed by atoms with E-state index in [1.807, 2.05) is 61.5 Å². The molecule has 2 heterocycles.